The summed E-state index contributed by atoms with van der Waals surface area (Å²) in [7, 11) is 1.97. The van der Waals surface area contributed by atoms with Crippen LogP contribution in [-0.4, -0.2) is 13.6 Å². The molecular weight excluding hydrogens is 257 g/mol. The van der Waals surface area contributed by atoms with E-state index in [1.54, 1.807) is 6.07 Å². The van der Waals surface area contributed by atoms with E-state index in [1.807, 2.05) is 13.1 Å². The van der Waals surface area contributed by atoms with Gasteiger partial charge in [-0.15, -0.1) is 0 Å². The van der Waals surface area contributed by atoms with Gasteiger partial charge in [-0.2, -0.15) is 0 Å². The van der Waals surface area contributed by atoms with Crippen molar-refractivity contribution in [1.82, 2.24) is 5.32 Å². The Morgan fingerprint density at radius 1 is 1.47 bits per heavy atom. The number of hydrogen-bond acceptors (Lipinski definition) is 1. The van der Waals surface area contributed by atoms with Gasteiger partial charge in [0.15, 0.2) is 0 Å². The lowest BCUT2D eigenvalue weighted by Gasteiger charge is -2.15. The summed E-state index contributed by atoms with van der Waals surface area (Å²) in [6, 6.07) is 5.28. The smallest absolute Gasteiger partial charge is 0.137 e. The van der Waals surface area contributed by atoms with Gasteiger partial charge in [-0.1, -0.05) is 12.1 Å². The van der Waals surface area contributed by atoms with Crippen molar-refractivity contribution in [2.75, 3.05) is 13.6 Å². The van der Waals surface area contributed by atoms with Gasteiger partial charge < -0.3 is 5.32 Å². The third-order valence-electron chi connectivity index (χ3n) is 3.11. The Labute approximate surface area is 98.2 Å². The molecule has 0 atom stereocenters. The average Bonchev–Trinajstić information content (AvgIpc) is 2.94. The lowest BCUT2D eigenvalue weighted by atomic mass is 9.96. The number of hydrogen-bond donors (Lipinski definition) is 1. The molecule has 1 aromatic carbocycles. The van der Waals surface area contributed by atoms with Gasteiger partial charge >= 0.3 is 0 Å². The van der Waals surface area contributed by atoms with E-state index in [0.29, 0.717) is 9.89 Å². The quantitative estimate of drug-likeness (QED) is 0.888. The highest BCUT2D eigenvalue weighted by Crippen LogP contribution is 2.48. The lowest BCUT2D eigenvalue weighted by Crippen LogP contribution is -2.22. The van der Waals surface area contributed by atoms with E-state index in [0.717, 1.165) is 18.5 Å². The fourth-order valence-electron chi connectivity index (χ4n) is 2.06. The summed E-state index contributed by atoms with van der Waals surface area (Å²) < 4.78 is 13.9. The Kier molecular flexibility index (Phi) is 3.12. The maximum atomic E-state index is 13.3. The molecule has 0 aliphatic heterocycles. The molecule has 1 N–H and O–H groups in total. The highest BCUT2D eigenvalue weighted by molar-refractivity contribution is 9.10. The predicted octanol–water partition coefficient (Wildman–Crippen LogP) is 3.13. The Morgan fingerprint density at radius 3 is 2.80 bits per heavy atom. The molecule has 0 heterocycles. The highest BCUT2D eigenvalue weighted by atomic mass is 79.9. The van der Waals surface area contributed by atoms with Crippen molar-refractivity contribution in [2.45, 2.75) is 19.3 Å². The molecule has 0 amide bonds. The molecule has 3 heteroatoms. The number of benzene rings is 1. The Morgan fingerprint density at radius 2 is 2.20 bits per heavy atom. The average molecular weight is 272 g/mol. The van der Waals surface area contributed by atoms with Gasteiger partial charge in [0.1, 0.15) is 5.82 Å². The zero-order valence-corrected chi connectivity index (χ0v) is 10.4. The van der Waals surface area contributed by atoms with Crippen LogP contribution in [0.3, 0.4) is 0 Å². The fourth-order valence-corrected chi connectivity index (χ4v) is 2.46. The van der Waals surface area contributed by atoms with Crippen molar-refractivity contribution in [3.05, 3.63) is 34.1 Å². The van der Waals surface area contributed by atoms with Gasteiger partial charge in [0.2, 0.25) is 0 Å². The molecule has 1 aliphatic rings. The van der Waals surface area contributed by atoms with Crippen molar-refractivity contribution >= 4 is 15.9 Å². The van der Waals surface area contributed by atoms with Crippen molar-refractivity contribution in [3.63, 3.8) is 0 Å². The van der Waals surface area contributed by atoms with Crippen LogP contribution in [-0.2, 0) is 6.42 Å². The van der Waals surface area contributed by atoms with Gasteiger partial charge in [-0.25, -0.2) is 4.39 Å². The molecule has 0 unspecified atom stereocenters. The van der Waals surface area contributed by atoms with Crippen LogP contribution in [0.4, 0.5) is 4.39 Å². The first-order valence-electron chi connectivity index (χ1n) is 5.24. The van der Waals surface area contributed by atoms with Gasteiger partial charge in [0, 0.05) is 6.54 Å². The second kappa shape index (κ2) is 4.22. The Bertz CT molecular complexity index is 361. The lowest BCUT2D eigenvalue weighted by molar-refractivity contribution is 0.475. The first-order chi connectivity index (χ1) is 7.17. The van der Waals surface area contributed by atoms with E-state index < -0.39 is 0 Å². The molecule has 0 spiro atoms. The zero-order valence-electron chi connectivity index (χ0n) is 8.82. The minimum absolute atomic E-state index is 0.159. The predicted molar refractivity (Wildman–Crippen MR) is 63.4 cm³/mol. The third kappa shape index (κ3) is 2.40. The van der Waals surface area contributed by atoms with Crippen LogP contribution in [0, 0.1) is 11.2 Å². The van der Waals surface area contributed by atoms with E-state index in [1.165, 1.54) is 18.9 Å². The molecule has 1 fully saturated rings. The molecular formula is C12H15BrFN. The minimum Gasteiger partial charge on any atom is -0.319 e. The van der Waals surface area contributed by atoms with E-state index in [9.17, 15) is 4.39 Å². The standard InChI is InChI=1S/C12H15BrFN/c1-15-8-12(5-6-12)7-9-3-2-4-10(14)11(9)13/h2-4,15H,5-8H2,1H3. The SMILES string of the molecule is CNCC1(Cc2cccc(F)c2Br)CC1. The largest absolute Gasteiger partial charge is 0.319 e. The third-order valence-corrected chi connectivity index (χ3v) is 3.99. The van der Waals surface area contributed by atoms with Crippen molar-refractivity contribution < 1.29 is 4.39 Å². The Balaban J connectivity index is 2.14. The molecule has 1 saturated carbocycles. The van der Waals surface area contributed by atoms with Crippen molar-refractivity contribution in [2.24, 2.45) is 5.41 Å². The van der Waals surface area contributed by atoms with Crippen LogP contribution in [0.2, 0.25) is 0 Å². The molecule has 0 aromatic heterocycles. The maximum absolute atomic E-state index is 13.3. The molecule has 82 valence electrons. The maximum Gasteiger partial charge on any atom is 0.137 e. The summed E-state index contributed by atoms with van der Waals surface area (Å²) in [5.74, 6) is -0.159. The van der Waals surface area contributed by atoms with Gasteiger partial charge in [0.25, 0.3) is 0 Å². The molecule has 1 nitrogen and oxygen atoms in total. The molecule has 0 bridgehead atoms. The van der Waals surface area contributed by atoms with Crippen LogP contribution in [0.1, 0.15) is 18.4 Å². The second-order valence-corrected chi connectivity index (χ2v) is 5.21. The highest BCUT2D eigenvalue weighted by Gasteiger charge is 2.42. The van der Waals surface area contributed by atoms with E-state index >= 15 is 0 Å². The van der Waals surface area contributed by atoms with E-state index in [2.05, 4.69) is 21.2 Å². The van der Waals surface area contributed by atoms with Crippen LogP contribution in [0.15, 0.2) is 22.7 Å². The summed E-state index contributed by atoms with van der Waals surface area (Å²) >= 11 is 3.32. The number of nitrogens with one attached hydrogen (secondary N) is 1. The zero-order chi connectivity index (χ0) is 10.9. The summed E-state index contributed by atoms with van der Waals surface area (Å²) in [4.78, 5) is 0. The first-order valence-corrected chi connectivity index (χ1v) is 6.04. The monoisotopic (exact) mass is 271 g/mol. The second-order valence-electron chi connectivity index (χ2n) is 4.42. The topological polar surface area (TPSA) is 12.0 Å². The summed E-state index contributed by atoms with van der Waals surface area (Å²) in [5.41, 5.74) is 1.47. The first kappa shape index (κ1) is 11.1. The molecule has 15 heavy (non-hydrogen) atoms. The van der Waals surface area contributed by atoms with Crippen LogP contribution < -0.4 is 5.32 Å². The fraction of sp³-hybridized carbons (Fsp3) is 0.500. The normalized spacial score (nSPS) is 17.8. The van der Waals surface area contributed by atoms with E-state index in [4.69, 9.17) is 0 Å². The van der Waals surface area contributed by atoms with Gasteiger partial charge in [0.05, 0.1) is 4.47 Å². The summed E-state index contributed by atoms with van der Waals surface area (Å²) in [6.07, 6.45) is 3.46. The molecule has 0 radical (unpaired) electrons. The van der Waals surface area contributed by atoms with Crippen LogP contribution in [0.25, 0.3) is 0 Å². The van der Waals surface area contributed by atoms with E-state index in [-0.39, 0.29) is 5.82 Å². The molecule has 2 rings (SSSR count). The summed E-state index contributed by atoms with van der Waals surface area (Å²) in [6.45, 7) is 1.02. The van der Waals surface area contributed by atoms with Gasteiger partial charge in [-0.05, 0) is 59.3 Å². The van der Waals surface area contributed by atoms with Crippen molar-refractivity contribution in [3.8, 4) is 0 Å². The summed E-state index contributed by atoms with van der Waals surface area (Å²) in [5, 5.41) is 3.22. The number of halogens is 2. The van der Waals surface area contributed by atoms with Gasteiger partial charge in [-0.3, -0.25) is 0 Å². The molecule has 1 aromatic rings. The van der Waals surface area contributed by atoms with Crippen LogP contribution in [0.5, 0.6) is 0 Å². The number of rotatable bonds is 4. The van der Waals surface area contributed by atoms with Crippen LogP contribution >= 0.6 is 15.9 Å². The van der Waals surface area contributed by atoms with Crippen molar-refractivity contribution in [1.29, 1.82) is 0 Å². The Hall–Kier alpha value is -0.410. The minimum atomic E-state index is -0.159. The molecule has 0 saturated heterocycles. The molecule has 1 aliphatic carbocycles.